The summed E-state index contributed by atoms with van der Waals surface area (Å²) in [7, 11) is 1.34. The number of rotatable bonds is 5. The Morgan fingerprint density at radius 1 is 1.40 bits per heavy atom. The van der Waals surface area contributed by atoms with Crippen LogP contribution in [-0.2, 0) is 9.53 Å². The van der Waals surface area contributed by atoms with Crippen molar-refractivity contribution < 1.29 is 14.3 Å². The van der Waals surface area contributed by atoms with E-state index in [0.717, 1.165) is 10.9 Å². The van der Waals surface area contributed by atoms with Crippen molar-refractivity contribution >= 4 is 22.8 Å². The van der Waals surface area contributed by atoms with Gasteiger partial charge in [-0.15, -0.1) is 0 Å². The molecule has 1 amide bonds. The molecule has 2 rings (SSSR count). The van der Waals surface area contributed by atoms with Crippen LogP contribution >= 0.6 is 0 Å². The first-order valence-corrected chi connectivity index (χ1v) is 6.45. The summed E-state index contributed by atoms with van der Waals surface area (Å²) in [5.74, 6) is -0.423. The quantitative estimate of drug-likeness (QED) is 0.841. The van der Waals surface area contributed by atoms with E-state index in [0.29, 0.717) is 18.7 Å². The Hall–Kier alpha value is -2.37. The summed E-state index contributed by atoms with van der Waals surface area (Å²) < 4.78 is 4.59. The molecular weight excluding hydrogens is 258 g/mol. The van der Waals surface area contributed by atoms with Crippen LogP contribution in [0.15, 0.2) is 24.4 Å². The summed E-state index contributed by atoms with van der Waals surface area (Å²) >= 11 is 0. The second-order valence-corrected chi connectivity index (χ2v) is 4.38. The molecule has 0 spiro atoms. The predicted octanol–water partition coefficient (Wildman–Crippen LogP) is 1.59. The first kappa shape index (κ1) is 14.0. The molecule has 0 saturated carbocycles. The number of hydrogen-bond donors (Lipinski definition) is 1. The highest BCUT2D eigenvalue weighted by Crippen LogP contribution is 2.14. The van der Waals surface area contributed by atoms with Crippen molar-refractivity contribution in [2.45, 2.75) is 13.3 Å². The molecule has 2 aromatic rings. The van der Waals surface area contributed by atoms with E-state index < -0.39 is 0 Å². The first-order chi connectivity index (χ1) is 9.65. The highest BCUT2D eigenvalue weighted by molar-refractivity contribution is 5.97. The number of ether oxygens (including phenoxy) is 1. The van der Waals surface area contributed by atoms with Gasteiger partial charge in [0.05, 0.1) is 25.2 Å². The normalized spacial score (nSPS) is 10.5. The van der Waals surface area contributed by atoms with Gasteiger partial charge in [0.1, 0.15) is 0 Å². The molecule has 1 heterocycles. The van der Waals surface area contributed by atoms with Crippen molar-refractivity contribution in [3.63, 3.8) is 0 Å². The average Bonchev–Trinajstić information content (AvgIpc) is 2.94. The number of fused-ring (bicyclic) bond motifs is 1. The monoisotopic (exact) mass is 275 g/mol. The van der Waals surface area contributed by atoms with Crippen molar-refractivity contribution in [2.24, 2.45) is 0 Å². The number of esters is 1. The van der Waals surface area contributed by atoms with Gasteiger partial charge in [0.15, 0.2) is 0 Å². The smallest absolute Gasteiger partial charge is 0.307 e. The third kappa shape index (κ3) is 2.96. The Kier molecular flexibility index (Phi) is 4.34. The number of H-pyrrole nitrogens is 1. The van der Waals surface area contributed by atoms with Crippen LogP contribution in [0.2, 0.25) is 0 Å². The number of nitrogens with one attached hydrogen (secondary N) is 1. The van der Waals surface area contributed by atoms with Gasteiger partial charge in [0, 0.05) is 24.0 Å². The summed E-state index contributed by atoms with van der Waals surface area (Å²) in [6.07, 6.45) is 1.90. The van der Waals surface area contributed by atoms with Crippen LogP contribution < -0.4 is 0 Å². The van der Waals surface area contributed by atoms with E-state index in [-0.39, 0.29) is 18.3 Å². The Labute approximate surface area is 116 Å². The van der Waals surface area contributed by atoms with E-state index in [4.69, 9.17) is 0 Å². The molecule has 0 radical (unpaired) electrons. The largest absolute Gasteiger partial charge is 0.469 e. The molecular formula is C14H17N3O3. The van der Waals surface area contributed by atoms with Crippen LogP contribution in [0.25, 0.3) is 10.9 Å². The molecule has 0 saturated heterocycles. The van der Waals surface area contributed by atoms with Crippen LogP contribution in [0.1, 0.15) is 23.7 Å². The Bertz CT molecular complexity index is 621. The summed E-state index contributed by atoms with van der Waals surface area (Å²) in [6.45, 7) is 2.77. The molecule has 106 valence electrons. The minimum atomic E-state index is -0.319. The molecule has 0 fully saturated rings. The number of aromatic amines is 1. The van der Waals surface area contributed by atoms with E-state index in [1.807, 2.05) is 13.0 Å². The summed E-state index contributed by atoms with van der Waals surface area (Å²) in [5, 5.41) is 7.72. The van der Waals surface area contributed by atoms with Crippen LogP contribution in [0.5, 0.6) is 0 Å². The van der Waals surface area contributed by atoms with Gasteiger partial charge in [0.25, 0.3) is 5.91 Å². The number of benzene rings is 1. The summed E-state index contributed by atoms with van der Waals surface area (Å²) in [4.78, 5) is 25.2. The van der Waals surface area contributed by atoms with Crippen molar-refractivity contribution in [1.82, 2.24) is 15.1 Å². The molecule has 0 unspecified atom stereocenters. The van der Waals surface area contributed by atoms with Crippen LogP contribution in [0, 0.1) is 0 Å². The molecule has 0 bridgehead atoms. The zero-order valence-corrected chi connectivity index (χ0v) is 11.5. The fourth-order valence-electron chi connectivity index (χ4n) is 1.98. The van der Waals surface area contributed by atoms with Crippen LogP contribution in [0.4, 0.5) is 0 Å². The SMILES string of the molecule is CCN(CCC(=O)OC)C(=O)c1ccc2cn[nH]c2c1. The van der Waals surface area contributed by atoms with Crippen molar-refractivity contribution in [2.75, 3.05) is 20.2 Å². The number of methoxy groups -OCH3 is 1. The maximum Gasteiger partial charge on any atom is 0.307 e. The third-order valence-electron chi connectivity index (χ3n) is 3.17. The number of nitrogens with zero attached hydrogens (tertiary/aromatic N) is 2. The number of amides is 1. The Balaban J connectivity index is 2.12. The second kappa shape index (κ2) is 6.18. The van der Waals surface area contributed by atoms with Gasteiger partial charge >= 0.3 is 5.97 Å². The second-order valence-electron chi connectivity index (χ2n) is 4.38. The molecule has 0 aliphatic carbocycles. The highest BCUT2D eigenvalue weighted by Gasteiger charge is 2.16. The van der Waals surface area contributed by atoms with Crippen molar-refractivity contribution in [3.8, 4) is 0 Å². The highest BCUT2D eigenvalue weighted by atomic mass is 16.5. The summed E-state index contributed by atoms with van der Waals surface area (Å²) in [6, 6.07) is 5.38. The third-order valence-corrected chi connectivity index (χ3v) is 3.17. The standard InChI is InChI=1S/C14H17N3O3/c1-3-17(7-6-13(18)20-2)14(19)10-4-5-11-9-15-16-12(11)8-10/h4-5,8-9H,3,6-7H2,1-2H3,(H,15,16). The maximum absolute atomic E-state index is 12.4. The molecule has 0 aliphatic rings. The minimum absolute atomic E-state index is 0.104. The van der Waals surface area contributed by atoms with E-state index in [9.17, 15) is 9.59 Å². The van der Waals surface area contributed by atoms with Gasteiger partial charge in [-0.2, -0.15) is 5.10 Å². The summed E-state index contributed by atoms with van der Waals surface area (Å²) in [5.41, 5.74) is 1.40. The molecule has 1 aromatic carbocycles. The van der Waals surface area contributed by atoms with Crippen LogP contribution in [0.3, 0.4) is 0 Å². The average molecular weight is 275 g/mol. The van der Waals surface area contributed by atoms with Gasteiger partial charge in [-0.3, -0.25) is 14.7 Å². The van der Waals surface area contributed by atoms with Gasteiger partial charge in [-0.25, -0.2) is 0 Å². The fourth-order valence-corrected chi connectivity index (χ4v) is 1.98. The molecule has 0 aliphatic heterocycles. The van der Waals surface area contributed by atoms with Crippen molar-refractivity contribution in [3.05, 3.63) is 30.0 Å². The van der Waals surface area contributed by atoms with Gasteiger partial charge in [-0.05, 0) is 19.1 Å². The van der Waals surface area contributed by atoms with Gasteiger partial charge in [0.2, 0.25) is 0 Å². The van der Waals surface area contributed by atoms with E-state index in [2.05, 4.69) is 14.9 Å². The fraction of sp³-hybridized carbons (Fsp3) is 0.357. The zero-order chi connectivity index (χ0) is 14.5. The zero-order valence-electron chi connectivity index (χ0n) is 11.5. The molecule has 20 heavy (non-hydrogen) atoms. The lowest BCUT2D eigenvalue weighted by Gasteiger charge is -2.20. The molecule has 6 nitrogen and oxygen atoms in total. The topological polar surface area (TPSA) is 75.3 Å². The van der Waals surface area contributed by atoms with E-state index >= 15 is 0 Å². The molecule has 1 N–H and O–H groups in total. The van der Waals surface area contributed by atoms with Crippen molar-refractivity contribution in [1.29, 1.82) is 0 Å². The lowest BCUT2D eigenvalue weighted by Crippen LogP contribution is -2.33. The van der Waals surface area contributed by atoms with Crippen LogP contribution in [-0.4, -0.2) is 47.2 Å². The number of carbonyl (C=O) groups is 2. The number of carbonyl (C=O) groups excluding carboxylic acids is 2. The van der Waals surface area contributed by atoms with Gasteiger partial charge in [-0.1, -0.05) is 6.07 Å². The number of hydrogen-bond acceptors (Lipinski definition) is 4. The van der Waals surface area contributed by atoms with Gasteiger partial charge < -0.3 is 9.64 Å². The maximum atomic E-state index is 12.4. The first-order valence-electron chi connectivity index (χ1n) is 6.45. The number of aromatic nitrogens is 2. The molecule has 1 aromatic heterocycles. The Morgan fingerprint density at radius 3 is 2.90 bits per heavy atom. The lowest BCUT2D eigenvalue weighted by atomic mass is 10.1. The minimum Gasteiger partial charge on any atom is -0.469 e. The lowest BCUT2D eigenvalue weighted by molar-refractivity contribution is -0.140. The Morgan fingerprint density at radius 2 is 2.20 bits per heavy atom. The van der Waals surface area contributed by atoms with E-state index in [1.165, 1.54) is 7.11 Å². The molecule has 6 heteroatoms. The van der Waals surface area contributed by atoms with E-state index in [1.54, 1.807) is 23.2 Å². The molecule has 0 atom stereocenters. The predicted molar refractivity (Wildman–Crippen MR) is 74.3 cm³/mol.